The number of aryl methyl sites for hydroxylation is 2. The van der Waals surface area contributed by atoms with E-state index in [1.165, 1.54) is 22.8 Å². The van der Waals surface area contributed by atoms with E-state index in [2.05, 4.69) is 20.3 Å². The minimum Gasteiger partial charge on any atom is -0.394 e. The maximum atomic E-state index is 13.9. The minimum absolute atomic E-state index is 0.0246. The average Bonchev–Trinajstić information content (AvgIpc) is 2.80. The second kappa shape index (κ2) is 9.48. The van der Waals surface area contributed by atoms with Gasteiger partial charge in [0.2, 0.25) is 5.95 Å². The summed E-state index contributed by atoms with van der Waals surface area (Å²) in [7, 11) is 0. The molecular formula is C24H21ClFN5O2. The summed E-state index contributed by atoms with van der Waals surface area (Å²) in [6.45, 7) is 3.50. The van der Waals surface area contributed by atoms with E-state index in [9.17, 15) is 14.3 Å². The number of hydrogen-bond donors (Lipinski definition) is 2. The van der Waals surface area contributed by atoms with Gasteiger partial charge in [-0.1, -0.05) is 17.7 Å². The van der Waals surface area contributed by atoms with Gasteiger partial charge < -0.3 is 15.0 Å². The summed E-state index contributed by atoms with van der Waals surface area (Å²) in [4.78, 5) is 25.8. The van der Waals surface area contributed by atoms with E-state index in [4.69, 9.17) is 11.6 Å². The summed E-state index contributed by atoms with van der Waals surface area (Å²) in [6, 6.07) is 8.28. The molecule has 168 valence electrons. The quantitative estimate of drug-likeness (QED) is 0.437. The zero-order chi connectivity index (χ0) is 23.5. The van der Waals surface area contributed by atoms with Crippen molar-refractivity contribution in [2.24, 2.45) is 0 Å². The van der Waals surface area contributed by atoms with Gasteiger partial charge in [0.1, 0.15) is 5.82 Å². The largest absolute Gasteiger partial charge is 0.394 e. The summed E-state index contributed by atoms with van der Waals surface area (Å²) in [6.07, 6.45) is 6.67. The lowest BCUT2D eigenvalue weighted by molar-refractivity contribution is 0.247. The molecule has 0 amide bonds. The fraction of sp³-hybridized carbons (Fsp3) is 0.167. The number of pyridine rings is 2. The number of hydrogen-bond acceptors (Lipinski definition) is 6. The Labute approximate surface area is 194 Å². The molecule has 0 saturated carbocycles. The third-order valence-corrected chi connectivity index (χ3v) is 5.61. The van der Waals surface area contributed by atoms with E-state index in [-0.39, 0.29) is 17.2 Å². The van der Waals surface area contributed by atoms with E-state index < -0.39 is 11.9 Å². The highest BCUT2D eigenvalue weighted by atomic mass is 35.5. The second-order valence-corrected chi connectivity index (χ2v) is 7.98. The summed E-state index contributed by atoms with van der Waals surface area (Å²) in [5.41, 5.74) is 4.00. The standard InChI is InChI=1S/C24H21ClFN5O2/c1-14-11-27-12-15(2)23(14)30-24-28-7-5-20(29-24)16-6-8-31(22(33)10-16)21(13-32)17-3-4-18(25)19(26)9-17/h3-12,21,32H,13H2,1-2H3,(H,27,28,29,30). The van der Waals surface area contributed by atoms with Crippen LogP contribution in [0.5, 0.6) is 0 Å². The van der Waals surface area contributed by atoms with Gasteiger partial charge in [-0.25, -0.2) is 14.4 Å². The molecule has 7 nitrogen and oxygen atoms in total. The molecule has 0 bridgehead atoms. The van der Waals surface area contributed by atoms with Crippen LogP contribution in [-0.4, -0.2) is 31.2 Å². The number of aliphatic hydroxyl groups excluding tert-OH is 1. The Balaban J connectivity index is 1.65. The van der Waals surface area contributed by atoms with Crippen molar-refractivity contribution in [1.29, 1.82) is 0 Å². The number of aromatic nitrogens is 4. The molecule has 3 heterocycles. The second-order valence-electron chi connectivity index (χ2n) is 7.57. The fourth-order valence-corrected chi connectivity index (χ4v) is 3.69. The van der Waals surface area contributed by atoms with Crippen LogP contribution in [0.25, 0.3) is 11.3 Å². The van der Waals surface area contributed by atoms with Crippen molar-refractivity contribution in [3.8, 4) is 11.3 Å². The van der Waals surface area contributed by atoms with Crippen molar-refractivity contribution in [3.63, 3.8) is 0 Å². The van der Waals surface area contributed by atoms with Crippen LogP contribution in [-0.2, 0) is 0 Å². The molecule has 1 aromatic carbocycles. The number of aliphatic hydroxyl groups is 1. The molecule has 0 aliphatic heterocycles. The van der Waals surface area contributed by atoms with Gasteiger partial charge >= 0.3 is 0 Å². The van der Waals surface area contributed by atoms with Crippen molar-refractivity contribution in [2.75, 3.05) is 11.9 Å². The van der Waals surface area contributed by atoms with Gasteiger partial charge in [-0.05, 0) is 54.8 Å². The third kappa shape index (κ3) is 4.76. The Morgan fingerprint density at radius 1 is 1.15 bits per heavy atom. The molecule has 0 saturated heterocycles. The van der Waals surface area contributed by atoms with Crippen molar-refractivity contribution < 1.29 is 9.50 Å². The number of rotatable bonds is 6. The van der Waals surface area contributed by atoms with Gasteiger partial charge in [-0.15, -0.1) is 0 Å². The lowest BCUT2D eigenvalue weighted by Gasteiger charge is -2.18. The van der Waals surface area contributed by atoms with Crippen molar-refractivity contribution in [1.82, 2.24) is 19.5 Å². The Hall–Kier alpha value is -3.62. The average molecular weight is 466 g/mol. The third-order valence-electron chi connectivity index (χ3n) is 5.30. The maximum Gasteiger partial charge on any atom is 0.251 e. The van der Waals surface area contributed by atoms with Gasteiger partial charge in [0.05, 0.1) is 23.4 Å². The van der Waals surface area contributed by atoms with Gasteiger partial charge in [-0.2, -0.15) is 0 Å². The summed E-state index contributed by atoms with van der Waals surface area (Å²) < 4.78 is 15.2. The predicted octanol–water partition coefficient (Wildman–Crippen LogP) is 4.43. The van der Waals surface area contributed by atoms with Crippen molar-refractivity contribution >= 4 is 23.2 Å². The van der Waals surface area contributed by atoms with Crippen LogP contribution in [0.2, 0.25) is 5.02 Å². The van der Waals surface area contributed by atoms with Crippen LogP contribution in [0.15, 0.2) is 66.0 Å². The number of halogens is 2. The smallest absolute Gasteiger partial charge is 0.251 e. The van der Waals surface area contributed by atoms with Crippen LogP contribution < -0.4 is 10.9 Å². The topological polar surface area (TPSA) is 92.9 Å². The first-order valence-electron chi connectivity index (χ1n) is 10.2. The Kier molecular flexibility index (Phi) is 6.48. The zero-order valence-corrected chi connectivity index (χ0v) is 18.7. The molecule has 9 heteroatoms. The molecule has 0 aliphatic carbocycles. The highest BCUT2D eigenvalue weighted by Gasteiger charge is 2.17. The normalized spacial score (nSPS) is 11.9. The fourth-order valence-electron chi connectivity index (χ4n) is 3.57. The summed E-state index contributed by atoms with van der Waals surface area (Å²) in [5, 5.41) is 13.1. The number of anilines is 2. The first-order chi connectivity index (χ1) is 15.9. The van der Waals surface area contributed by atoms with E-state index in [0.29, 0.717) is 22.8 Å². The molecule has 4 aromatic rings. The Morgan fingerprint density at radius 2 is 1.91 bits per heavy atom. The van der Waals surface area contributed by atoms with Crippen LogP contribution in [0, 0.1) is 19.7 Å². The van der Waals surface area contributed by atoms with E-state index in [1.807, 2.05) is 13.8 Å². The van der Waals surface area contributed by atoms with Crippen LogP contribution in [0.1, 0.15) is 22.7 Å². The van der Waals surface area contributed by atoms with E-state index in [1.54, 1.807) is 43.0 Å². The molecule has 33 heavy (non-hydrogen) atoms. The SMILES string of the molecule is Cc1cncc(C)c1Nc1nccc(-c2ccn(C(CO)c3ccc(Cl)c(F)c3)c(=O)c2)n1. The molecule has 1 unspecified atom stereocenters. The minimum atomic E-state index is -0.751. The van der Waals surface area contributed by atoms with Crippen molar-refractivity contribution in [2.45, 2.75) is 19.9 Å². The van der Waals surface area contributed by atoms with Crippen molar-refractivity contribution in [3.05, 3.63) is 99.1 Å². The van der Waals surface area contributed by atoms with E-state index in [0.717, 1.165) is 16.8 Å². The summed E-state index contributed by atoms with van der Waals surface area (Å²) in [5.74, 6) is -0.225. The molecule has 0 spiro atoms. The Bertz CT molecular complexity index is 1360. The highest BCUT2D eigenvalue weighted by Crippen LogP contribution is 2.25. The maximum absolute atomic E-state index is 13.9. The highest BCUT2D eigenvalue weighted by molar-refractivity contribution is 6.30. The molecule has 3 aromatic heterocycles. The predicted molar refractivity (Wildman–Crippen MR) is 125 cm³/mol. The summed E-state index contributed by atoms with van der Waals surface area (Å²) >= 11 is 5.75. The van der Waals surface area contributed by atoms with Gasteiger partial charge in [0.15, 0.2) is 0 Å². The van der Waals surface area contributed by atoms with Crippen LogP contribution in [0.4, 0.5) is 16.0 Å². The molecule has 0 aliphatic rings. The molecule has 4 rings (SSSR count). The lowest BCUT2D eigenvalue weighted by atomic mass is 10.1. The number of benzene rings is 1. The van der Waals surface area contributed by atoms with E-state index >= 15 is 0 Å². The molecule has 1 atom stereocenters. The number of nitrogens with zero attached hydrogens (tertiary/aromatic N) is 4. The van der Waals surface area contributed by atoms with Crippen LogP contribution >= 0.6 is 11.6 Å². The molecule has 0 radical (unpaired) electrons. The molecule has 0 fully saturated rings. The first-order valence-corrected chi connectivity index (χ1v) is 10.5. The van der Waals surface area contributed by atoms with Gasteiger partial charge in [0.25, 0.3) is 5.56 Å². The lowest BCUT2D eigenvalue weighted by Crippen LogP contribution is -2.27. The Morgan fingerprint density at radius 3 is 2.58 bits per heavy atom. The zero-order valence-electron chi connectivity index (χ0n) is 18.0. The van der Waals surface area contributed by atoms with Gasteiger partial charge in [-0.3, -0.25) is 9.78 Å². The number of nitrogens with one attached hydrogen (secondary N) is 1. The molecule has 2 N–H and O–H groups in total. The first kappa shape index (κ1) is 22.6. The van der Waals surface area contributed by atoms with Gasteiger partial charge in [0, 0.05) is 42.1 Å². The molecular weight excluding hydrogens is 445 g/mol. The monoisotopic (exact) mass is 465 g/mol. The van der Waals surface area contributed by atoms with Crippen LogP contribution in [0.3, 0.4) is 0 Å².